The summed E-state index contributed by atoms with van der Waals surface area (Å²) in [4.78, 5) is 3.72. The van der Waals surface area contributed by atoms with Crippen molar-refractivity contribution in [1.82, 2.24) is 4.98 Å². The fraction of sp³-hybridized carbons (Fsp3) is 0.143. The van der Waals surface area contributed by atoms with Crippen LogP contribution in [0.1, 0.15) is 0 Å². The largest absolute Gasteiger partial charge is 0.283 e. The monoisotopic (exact) mass is 197 g/mol. The third-order valence-corrected chi connectivity index (χ3v) is 2.26. The maximum atomic E-state index is 11.0. The lowest BCUT2D eigenvalue weighted by Gasteiger charge is -2.02. The Labute approximate surface area is 76.1 Å². The summed E-state index contributed by atoms with van der Waals surface area (Å²) in [5, 5.41) is 8.20. The molecule has 1 aromatic heterocycles. The molecule has 0 amide bonds. The molecule has 68 valence electrons. The molecule has 0 aliphatic heterocycles. The smallest absolute Gasteiger partial charge is 0.246 e. The first-order valence-electron chi connectivity index (χ1n) is 3.41. The number of nitrogens with zero attached hydrogens (tertiary/aromatic N) is 2. The lowest BCUT2D eigenvalue weighted by Crippen LogP contribution is -2.15. The molecule has 0 bridgehead atoms. The highest BCUT2D eigenvalue weighted by Gasteiger charge is 2.08. The number of aromatic nitrogens is 1. The van der Waals surface area contributed by atoms with E-state index in [-0.39, 0.29) is 0 Å². The van der Waals surface area contributed by atoms with Gasteiger partial charge in [0.25, 0.3) is 0 Å². The maximum Gasteiger partial charge on any atom is 0.246 e. The van der Waals surface area contributed by atoms with Crippen LogP contribution in [0.25, 0.3) is 0 Å². The summed E-state index contributed by atoms with van der Waals surface area (Å²) < 4.78 is 24.3. The first-order valence-corrected chi connectivity index (χ1v) is 5.07. The highest BCUT2D eigenvalue weighted by Crippen LogP contribution is 2.05. The van der Waals surface area contributed by atoms with Crippen LogP contribution in [0, 0.1) is 11.3 Å². The van der Waals surface area contributed by atoms with Gasteiger partial charge < -0.3 is 0 Å². The second-order valence-electron chi connectivity index (χ2n) is 2.26. The molecule has 0 unspecified atom stereocenters. The van der Waals surface area contributed by atoms with Crippen LogP contribution >= 0.6 is 0 Å². The van der Waals surface area contributed by atoms with Gasteiger partial charge in [-0.15, -0.1) is 0 Å². The predicted molar refractivity (Wildman–Crippen MR) is 47.3 cm³/mol. The van der Waals surface area contributed by atoms with Gasteiger partial charge in [-0.1, -0.05) is 0 Å². The molecule has 6 heteroatoms. The van der Waals surface area contributed by atoms with E-state index in [1.54, 1.807) is 6.07 Å². The molecule has 0 aliphatic carbocycles. The molecule has 0 aromatic carbocycles. The number of nitrogens with one attached hydrogen (secondary N) is 1. The van der Waals surface area contributed by atoms with Crippen molar-refractivity contribution in [2.75, 3.05) is 10.5 Å². The average molecular weight is 197 g/mol. The number of anilines is 1. The van der Waals surface area contributed by atoms with Crippen molar-refractivity contribution in [3.8, 4) is 6.07 Å². The van der Waals surface area contributed by atoms with Crippen LogP contribution in [-0.4, -0.2) is 19.2 Å². The molecule has 0 aliphatic rings. The number of nitriles is 1. The van der Waals surface area contributed by atoms with E-state index >= 15 is 0 Å². The molecular formula is C7H7N3O2S. The summed E-state index contributed by atoms with van der Waals surface area (Å²) in [7, 11) is -3.52. The Balaban J connectivity index is 2.77. The van der Waals surface area contributed by atoms with Crippen LogP contribution < -0.4 is 4.72 Å². The molecule has 1 N–H and O–H groups in total. The van der Waals surface area contributed by atoms with Gasteiger partial charge in [-0.05, 0) is 12.1 Å². The normalized spacial score (nSPS) is 10.4. The average Bonchev–Trinajstić information content (AvgIpc) is 2.04. The minimum absolute atomic E-state index is 0.408. The zero-order valence-corrected chi connectivity index (χ0v) is 7.45. The number of rotatable bonds is 3. The minimum atomic E-state index is -3.52. The molecule has 0 fully saturated rings. The first-order chi connectivity index (χ1) is 6.14. The summed E-state index contributed by atoms with van der Waals surface area (Å²) in [5.74, 6) is -0.546. The topological polar surface area (TPSA) is 82.8 Å². The zero-order valence-electron chi connectivity index (χ0n) is 6.64. The van der Waals surface area contributed by atoms with Crippen molar-refractivity contribution in [2.24, 2.45) is 0 Å². The molecule has 0 saturated heterocycles. The van der Waals surface area contributed by atoms with E-state index in [2.05, 4.69) is 9.71 Å². The Hall–Kier alpha value is -1.61. The molecule has 0 radical (unpaired) electrons. The summed E-state index contributed by atoms with van der Waals surface area (Å²) in [6, 6.07) is 4.58. The van der Waals surface area contributed by atoms with Gasteiger partial charge in [-0.25, -0.2) is 8.42 Å². The molecule has 13 heavy (non-hydrogen) atoms. The summed E-state index contributed by atoms with van der Waals surface area (Å²) in [6.07, 6.45) is 2.93. The Bertz CT molecular complexity index is 407. The first kappa shape index (κ1) is 9.48. The summed E-state index contributed by atoms with van der Waals surface area (Å²) >= 11 is 0. The molecule has 5 nitrogen and oxygen atoms in total. The van der Waals surface area contributed by atoms with Crippen molar-refractivity contribution in [1.29, 1.82) is 5.26 Å². The number of sulfonamides is 1. The Kier molecular flexibility index (Phi) is 2.82. The van der Waals surface area contributed by atoms with Crippen molar-refractivity contribution in [3.05, 3.63) is 24.5 Å². The third kappa shape index (κ3) is 3.09. The maximum absolute atomic E-state index is 11.0. The van der Waals surface area contributed by atoms with Crippen LogP contribution in [0.5, 0.6) is 0 Å². The molecule has 1 aromatic rings. The third-order valence-electron chi connectivity index (χ3n) is 1.21. The van der Waals surface area contributed by atoms with E-state index in [4.69, 9.17) is 5.26 Å². The standard InChI is InChI=1S/C7H7N3O2S/c8-3-6-13(11,12)10-7-1-4-9-5-2-7/h1-2,4-5H,6H2,(H,9,10). The van der Waals surface area contributed by atoms with Crippen LogP contribution in [0.3, 0.4) is 0 Å². The van der Waals surface area contributed by atoms with E-state index in [1.807, 2.05) is 0 Å². The molecule has 0 atom stereocenters. The number of hydrogen-bond acceptors (Lipinski definition) is 4. The lowest BCUT2D eigenvalue weighted by atomic mass is 10.4. The summed E-state index contributed by atoms with van der Waals surface area (Å²) in [6.45, 7) is 0. The van der Waals surface area contributed by atoms with Gasteiger partial charge >= 0.3 is 0 Å². The minimum Gasteiger partial charge on any atom is -0.283 e. The van der Waals surface area contributed by atoms with Crippen LogP contribution in [-0.2, 0) is 10.0 Å². The zero-order chi connectivity index (χ0) is 9.73. The molecule has 0 saturated carbocycles. The van der Waals surface area contributed by atoms with Gasteiger partial charge in [0, 0.05) is 12.4 Å². The molecular weight excluding hydrogens is 190 g/mol. The van der Waals surface area contributed by atoms with Gasteiger partial charge in [0.2, 0.25) is 10.0 Å². The second-order valence-corrected chi connectivity index (χ2v) is 3.98. The van der Waals surface area contributed by atoms with Crippen molar-refractivity contribution < 1.29 is 8.42 Å². The number of hydrogen-bond donors (Lipinski definition) is 1. The van der Waals surface area contributed by atoms with Crippen LogP contribution in [0.15, 0.2) is 24.5 Å². The van der Waals surface area contributed by atoms with E-state index in [9.17, 15) is 8.42 Å². The fourth-order valence-electron chi connectivity index (χ4n) is 0.721. The number of pyridine rings is 1. The fourth-order valence-corrected chi connectivity index (χ4v) is 1.46. The predicted octanol–water partition coefficient (Wildman–Crippen LogP) is 0.347. The molecule has 1 rings (SSSR count). The van der Waals surface area contributed by atoms with Gasteiger partial charge in [0.05, 0.1) is 11.8 Å². The SMILES string of the molecule is N#CCS(=O)(=O)Nc1ccncc1. The Morgan fingerprint density at radius 3 is 2.62 bits per heavy atom. The van der Waals surface area contributed by atoms with Gasteiger partial charge in [-0.2, -0.15) is 5.26 Å². The molecule has 1 heterocycles. The Morgan fingerprint density at radius 1 is 1.46 bits per heavy atom. The lowest BCUT2D eigenvalue weighted by molar-refractivity contribution is 0.604. The Morgan fingerprint density at radius 2 is 2.08 bits per heavy atom. The second kappa shape index (κ2) is 3.87. The van der Waals surface area contributed by atoms with Crippen molar-refractivity contribution >= 4 is 15.7 Å². The van der Waals surface area contributed by atoms with E-state index < -0.39 is 15.8 Å². The van der Waals surface area contributed by atoms with Gasteiger partial charge in [0.1, 0.15) is 0 Å². The van der Waals surface area contributed by atoms with E-state index in [0.29, 0.717) is 5.69 Å². The van der Waals surface area contributed by atoms with Crippen LogP contribution in [0.4, 0.5) is 5.69 Å². The van der Waals surface area contributed by atoms with Crippen LogP contribution in [0.2, 0.25) is 0 Å². The van der Waals surface area contributed by atoms with Crippen molar-refractivity contribution in [2.45, 2.75) is 0 Å². The van der Waals surface area contributed by atoms with Crippen molar-refractivity contribution in [3.63, 3.8) is 0 Å². The highest BCUT2D eigenvalue weighted by molar-refractivity contribution is 7.92. The quantitative estimate of drug-likeness (QED) is 0.757. The summed E-state index contributed by atoms with van der Waals surface area (Å²) in [5.41, 5.74) is 0.408. The molecule has 0 spiro atoms. The van der Waals surface area contributed by atoms with E-state index in [1.165, 1.54) is 24.5 Å². The highest BCUT2D eigenvalue weighted by atomic mass is 32.2. The van der Waals surface area contributed by atoms with E-state index in [0.717, 1.165) is 0 Å². The van der Waals surface area contributed by atoms with Gasteiger partial charge in [-0.3, -0.25) is 9.71 Å². The van der Waals surface area contributed by atoms with Gasteiger partial charge in [0.15, 0.2) is 5.75 Å².